The van der Waals surface area contributed by atoms with Crippen LogP contribution in [0.15, 0.2) is 48.5 Å². The zero-order valence-electron chi connectivity index (χ0n) is 14.2. The summed E-state index contributed by atoms with van der Waals surface area (Å²) >= 11 is 0. The van der Waals surface area contributed by atoms with Crippen molar-refractivity contribution in [1.29, 1.82) is 0 Å². The van der Waals surface area contributed by atoms with Crippen molar-refractivity contribution in [3.63, 3.8) is 0 Å². The highest BCUT2D eigenvalue weighted by Crippen LogP contribution is 2.32. The van der Waals surface area contributed by atoms with Crippen LogP contribution in [-0.4, -0.2) is 17.1 Å². The molecule has 128 valence electrons. The first-order valence-electron chi connectivity index (χ1n) is 8.66. The number of fused-ring (bicyclic) bond motifs is 3. The topological polar surface area (TPSA) is 51.3 Å². The maximum Gasteiger partial charge on any atom is 0.302 e. The third-order valence-corrected chi connectivity index (χ3v) is 4.70. The molecule has 0 fully saturated rings. The predicted molar refractivity (Wildman–Crippen MR) is 96.7 cm³/mol. The molecule has 4 heteroatoms. The maximum atomic E-state index is 11.2. The Hall–Kier alpha value is -2.75. The van der Waals surface area contributed by atoms with Gasteiger partial charge in [-0.05, 0) is 42.2 Å². The van der Waals surface area contributed by atoms with E-state index in [0.29, 0.717) is 6.61 Å². The first-order valence-corrected chi connectivity index (χ1v) is 8.66. The Morgan fingerprint density at radius 3 is 2.84 bits per heavy atom. The van der Waals surface area contributed by atoms with E-state index in [9.17, 15) is 4.79 Å². The average molecular weight is 335 g/mol. The second-order valence-electron chi connectivity index (χ2n) is 6.54. The van der Waals surface area contributed by atoms with Crippen molar-refractivity contribution in [1.82, 2.24) is 4.98 Å². The highest BCUT2D eigenvalue weighted by molar-refractivity contribution is 5.86. The molecule has 3 aromatic rings. The van der Waals surface area contributed by atoms with Gasteiger partial charge in [0.25, 0.3) is 0 Å². The van der Waals surface area contributed by atoms with E-state index in [2.05, 4.69) is 29.2 Å². The van der Waals surface area contributed by atoms with Gasteiger partial charge in [-0.1, -0.05) is 30.3 Å². The van der Waals surface area contributed by atoms with Gasteiger partial charge in [-0.2, -0.15) is 0 Å². The predicted octanol–water partition coefficient (Wildman–Crippen LogP) is 4.17. The minimum atomic E-state index is -0.208. The van der Waals surface area contributed by atoms with Crippen molar-refractivity contribution in [2.24, 2.45) is 0 Å². The molecule has 0 spiro atoms. The number of aromatic amines is 1. The summed E-state index contributed by atoms with van der Waals surface area (Å²) in [6.07, 6.45) is 2.51. The van der Waals surface area contributed by atoms with Crippen LogP contribution >= 0.6 is 0 Å². The molecule has 1 aliphatic carbocycles. The molecule has 1 unspecified atom stereocenters. The van der Waals surface area contributed by atoms with E-state index in [1.807, 2.05) is 24.3 Å². The van der Waals surface area contributed by atoms with Crippen LogP contribution < -0.4 is 4.74 Å². The van der Waals surface area contributed by atoms with Crippen molar-refractivity contribution in [2.75, 3.05) is 0 Å². The number of aromatic nitrogens is 1. The smallest absolute Gasteiger partial charge is 0.302 e. The number of benzene rings is 2. The van der Waals surface area contributed by atoms with Crippen molar-refractivity contribution in [3.05, 3.63) is 65.4 Å². The van der Waals surface area contributed by atoms with Gasteiger partial charge in [0.2, 0.25) is 0 Å². The number of carbonyl (C=O) groups excluding carboxylic acids is 1. The number of nitrogens with one attached hydrogen (secondary N) is 1. The van der Waals surface area contributed by atoms with Gasteiger partial charge in [0.05, 0.1) is 0 Å². The van der Waals surface area contributed by atoms with Crippen LogP contribution in [-0.2, 0) is 29.0 Å². The SMILES string of the molecule is CC(=O)OC1CCc2[nH]c3ccc(OCc4ccccc4)cc3c2C1. The lowest BCUT2D eigenvalue weighted by Gasteiger charge is -2.22. The van der Waals surface area contributed by atoms with Crippen LogP contribution in [0.4, 0.5) is 0 Å². The zero-order chi connectivity index (χ0) is 17.2. The van der Waals surface area contributed by atoms with Crippen LogP contribution in [0.1, 0.15) is 30.2 Å². The van der Waals surface area contributed by atoms with Crippen LogP contribution in [0, 0.1) is 0 Å². The van der Waals surface area contributed by atoms with Crippen LogP contribution in [0.5, 0.6) is 5.75 Å². The summed E-state index contributed by atoms with van der Waals surface area (Å²) in [6, 6.07) is 16.3. The van der Waals surface area contributed by atoms with Gasteiger partial charge in [-0.15, -0.1) is 0 Å². The molecule has 25 heavy (non-hydrogen) atoms. The molecular weight excluding hydrogens is 314 g/mol. The van der Waals surface area contributed by atoms with Gasteiger partial charge in [-0.25, -0.2) is 0 Å². The molecule has 1 aromatic heterocycles. The van der Waals surface area contributed by atoms with E-state index in [1.165, 1.54) is 18.2 Å². The average Bonchev–Trinajstić information content (AvgIpc) is 2.98. The van der Waals surface area contributed by atoms with Crippen molar-refractivity contribution in [2.45, 2.75) is 38.9 Å². The molecule has 0 aliphatic heterocycles. The van der Waals surface area contributed by atoms with Gasteiger partial charge < -0.3 is 14.5 Å². The Labute approximate surface area is 146 Å². The number of esters is 1. The highest BCUT2D eigenvalue weighted by atomic mass is 16.5. The number of hydrogen-bond donors (Lipinski definition) is 1. The number of hydrogen-bond acceptors (Lipinski definition) is 3. The van der Waals surface area contributed by atoms with E-state index in [1.54, 1.807) is 0 Å². The van der Waals surface area contributed by atoms with Gasteiger partial charge in [-0.3, -0.25) is 4.79 Å². The normalized spacial score (nSPS) is 16.4. The lowest BCUT2D eigenvalue weighted by atomic mass is 9.93. The second kappa shape index (κ2) is 6.63. The minimum Gasteiger partial charge on any atom is -0.489 e. The molecule has 0 amide bonds. The van der Waals surface area contributed by atoms with Gasteiger partial charge >= 0.3 is 5.97 Å². The van der Waals surface area contributed by atoms with Crippen molar-refractivity contribution < 1.29 is 14.3 Å². The molecule has 1 aliphatic rings. The molecule has 2 aromatic carbocycles. The van der Waals surface area contributed by atoms with E-state index >= 15 is 0 Å². The third kappa shape index (κ3) is 3.38. The molecule has 1 heterocycles. The number of ether oxygens (including phenoxy) is 2. The monoisotopic (exact) mass is 335 g/mol. The number of H-pyrrole nitrogens is 1. The molecule has 0 bridgehead atoms. The fourth-order valence-electron chi connectivity index (χ4n) is 3.53. The Morgan fingerprint density at radius 2 is 2.04 bits per heavy atom. The Kier molecular flexibility index (Phi) is 4.18. The van der Waals surface area contributed by atoms with Crippen LogP contribution in [0.2, 0.25) is 0 Å². The molecule has 4 rings (SSSR count). The van der Waals surface area contributed by atoms with Crippen LogP contribution in [0.3, 0.4) is 0 Å². The summed E-state index contributed by atoms with van der Waals surface area (Å²) in [4.78, 5) is 14.7. The number of aryl methyl sites for hydroxylation is 1. The molecule has 0 saturated carbocycles. The van der Waals surface area contributed by atoms with E-state index < -0.39 is 0 Å². The third-order valence-electron chi connectivity index (χ3n) is 4.70. The zero-order valence-corrected chi connectivity index (χ0v) is 14.2. The Balaban J connectivity index is 1.57. The summed E-state index contributed by atoms with van der Waals surface area (Å²) in [6.45, 7) is 2.02. The van der Waals surface area contributed by atoms with Gasteiger partial charge in [0, 0.05) is 29.9 Å². The van der Waals surface area contributed by atoms with Crippen molar-refractivity contribution in [3.8, 4) is 5.75 Å². The standard InChI is InChI=1S/C21H21NO3/c1-14(23)25-17-8-10-21-19(12-17)18-11-16(7-9-20(18)22-21)24-13-15-5-3-2-4-6-15/h2-7,9,11,17,22H,8,10,12-13H2,1H3. The first-order chi connectivity index (χ1) is 12.2. The molecule has 1 N–H and O–H groups in total. The lowest BCUT2D eigenvalue weighted by molar-refractivity contribution is -0.146. The largest absolute Gasteiger partial charge is 0.489 e. The van der Waals surface area contributed by atoms with Crippen molar-refractivity contribution >= 4 is 16.9 Å². The Morgan fingerprint density at radius 1 is 1.20 bits per heavy atom. The summed E-state index contributed by atoms with van der Waals surface area (Å²) in [5.74, 6) is 0.646. The van der Waals surface area contributed by atoms with Gasteiger partial charge in [0.15, 0.2) is 0 Å². The Bertz CT molecular complexity index is 898. The highest BCUT2D eigenvalue weighted by Gasteiger charge is 2.24. The number of carbonyl (C=O) groups is 1. The number of rotatable bonds is 4. The second-order valence-corrected chi connectivity index (χ2v) is 6.54. The molecule has 4 nitrogen and oxygen atoms in total. The van der Waals surface area contributed by atoms with E-state index in [4.69, 9.17) is 9.47 Å². The molecule has 0 radical (unpaired) electrons. The van der Waals surface area contributed by atoms with Gasteiger partial charge in [0.1, 0.15) is 18.5 Å². The first kappa shape index (κ1) is 15.8. The molecular formula is C21H21NO3. The molecule has 0 saturated heterocycles. The summed E-state index contributed by atoms with van der Waals surface area (Å²) in [7, 11) is 0. The quantitative estimate of drug-likeness (QED) is 0.728. The fourth-order valence-corrected chi connectivity index (χ4v) is 3.53. The fraction of sp³-hybridized carbons (Fsp3) is 0.286. The maximum absolute atomic E-state index is 11.2. The minimum absolute atomic E-state index is 0.0297. The lowest BCUT2D eigenvalue weighted by Crippen LogP contribution is -2.24. The van der Waals surface area contributed by atoms with E-state index in [0.717, 1.165) is 41.5 Å². The summed E-state index contributed by atoms with van der Waals surface area (Å²) in [5.41, 5.74) is 4.76. The summed E-state index contributed by atoms with van der Waals surface area (Å²) < 4.78 is 11.4. The van der Waals surface area contributed by atoms with E-state index in [-0.39, 0.29) is 12.1 Å². The molecule has 1 atom stereocenters. The van der Waals surface area contributed by atoms with Crippen LogP contribution in [0.25, 0.3) is 10.9 Å². The summed E-state index contributed by atoms with van der Waals surface area (Å²) in [5, 5.41) is 1.16.